The Labute approximate surface area is 154 Å². The summed E-state index contributed by atoms with van der Waals surface area (Å²) in [6.45, 7) is 5.12. The SMILES string of the molecule is COc1cccc(CCN/C=C(/C#N)C(=O)NCCN2CCOCC2)c1. The number of hydrogen-bond acceptors (Lipinski definition) is 6. The molecule has 0 spiro atoms. The molecule has 0 saturated carbocycles. The van der Waals surface area contributed by atoms with Crippen LogP contribution in [0.1, 0.15) is 5.56 Å². The summed E-state index contributed by atoms with van der Waals surface area (Å²) in [5.41, 5.74) is 1.20. The van der Waals surface area contributed by atoms with Crippen LogP contribution in [0.4, 0.5) is 0 Å². The van der Waals surface area contributed by atoms with E-state index < -0.39 is 0 Å². The summed E-state index contributed by atoms with van der Waals surface area (Å²) in [7, 11) is 1.64. The summed E-state index contributed by atoms with van der Waals surface area (Å²) in [6, 6.07) is 9.75. The molecule has 1 aliphatic heterocycles. The van der Waals surface area contributed by atoms with Crippen molar-refractivity contribution in [1.82, 2.24) is 15.5 Å². The molecule has 7 nitrogen and oxygen atoms in total. The lowest BCUT2D eigenvalue weighted by Crippen LogP contribution is -2.41. The predicted octanol–water partition coefficient (Wildman–Crippen LogP) is 0.683. The van der Waals surface area contributed by atoms with Gasteiger partial charge in [-0.05, 0) is 24.1 Å². The number of amides is 1. The van der Waals surface area contributed by atoms with E-state index in [4.69, 9.17) is 14.7 Å². The van der Waals surface area contributed by atoms with Crippen molar-refractivity contribution in [1.29, 1.82) is 5.26 Å². The van der Waals surface area contributed by atoms with Gasteiger partial charge in [-0.2, -0.15) is 5.26 Å². The van der Waals surface area contributed by atoms with E-state index >= 15 is 0 Å². The third kappa shape index (κ3) is 6.75. The summed E-state index contributed by atoms with van der Waals surface area (Å²) in [5, 5.41) is 15.0. The second-order valence-corrected chi connectivity index (χ2v) is 5.94. The highest BCUT2D eigenvalue weighted by atomic mass is 16.5. The number of ether oxygens (including phenoxy) is 2. The molecule has 1 heterocycles. The fourth-order valence-electron chi connectivity index (χ4n) is 2.61. The zero-order valence-electron chi connectivity index (χ0n) is 15.2. The quantitative estimate of drug-likeness (QED) is 0.384. The third-order valence-electron chi connectivity index (χ3n) is 4.12. The van der Waals surface area contributed by atoms with Crippen molar-refractivity contribution in [3.05, 3.63) is 41.6 Å². The first-order valence-corrected chi connectivity index (χ1v) is 8.78. The van der Waals surface area contributed by atoms with Gasteiger partial charge in [-0.1, -0.05) is 12.1 Å². The van der Waals surface area contributed by atoms with Crippen LogP contribution in [-0.4, -0.2) is 63.9 Å². The Balaban J connectivity index is 1.70. The average Bonchev–Trinajstić information content (AvgIpc) is 2.69. The number of nitrogens with zero attached hydrogens (tertiary/aromatic N) is 2. The minimum Gasteiger partial charge on any atom is -0.497 e. The van der Waals surface area contributed by atoms with E-state index in [9.17, 15) is 4.79 Å². The van der Waals surface area contributed by atoms with Gasteiger partial charge in [0.2, 0.25) is 0 Å². The molecular weight excluding hydrogens is 332 g/mol. The maximum atomic E-state index is 12.1. The van der Waals surface area contributed by atoms with Gasteiger partial charge in [0.05, 0.1) is 20.3 Å². The van der Waals surface area contributed by atoms with Crippen LogP contribution in [0.15, 0.2) is 36.0 Å². The number of hydrogen-bond donors (Lipinski definition) is 2. The Hall–Kier alpha value is -2.56. The summed E-state index contributed by atoms with van der Waals surface area (Å²) in [5.74, 6) is 0.463. The van der Waals surface area contributed by atoms with E-state index in [1.165, 1.54) is 6.20 Å². The second-order valence-electron chi connectivity index (χ2n) is 5.94. The molecule has 1 saturated heterocycles. The largest absolute Gasteiger partial charge is 0.497 e. The highest BCUT2D eigenvalue weighted by Gasteiger charge is 2.12. The number of nitriles is 1. The zero-order chi connectivity index (χ0) is 18.6. The molecule has 0 bridgehead atoms. The van der Waals surface area contributed by atoms with E-state index in [0.29, 0.717) is 13.1 Å². The fourth-order valence-corrected chi connectivity index (χ4v) is 2.61. The van der Waals surface area contributed by atoms with Gasteiger partial charge >= 0.3 is 0 Å². The molecule has 1 aromatic rings. The molecule has 0 atom stereocenters. The maximum absolute atomic E-state index is 12.1. The van der Waals surface area contributed by atoms with Crippen molar-refractivity contribution in [2.24, 2.45) is 0 Å². The number of nitrogens with one attached hydrogen (secondary N) is 2. The summed E-state index contributed by atoms with van der Waals surface area (Å²) >= 11 is 0. The van der Waals surface area contributed by atoms with Gasteiger partial charge in [0.15, 0.2) is 0 Å². The molecule has 2 N–H and O–H groups in total. The van der Waals surface area contributed by atoms with Gasteiger partial charge < -0.3 is 20.1 Å². The molecule has 140 valence electrons. The van der Waals surface area contributed by atoms with Crippen molar-refractivity contribution < 1.29 is 14.3 Å². The first kappa shape index (κ1) is 19.8. The number of benzene rings is 1. The number of methoxy groups -OCH3 is 1. The summed E-state index contributed by atoms with van der Waals surface area (Å²) in [4.78, 5) is 14.3. The molecule has 26 heavy (non-hydrogen) atoms. The number of morpholine rings is 1. The van der Waals surface area contributed by atoms with Crippen molar-refractivity contribution in [2.75, 3.05) is 53.0 Å². The Morgan fingerprint density at radius 2 is 2.19 bits per heavy atom. The van der Waals surface area contributed by atoms with Crippen molar-refractivity contribution in [2.45, 2.75) is 6.42 Å². The minimum atomic E-state index is -0.352. The van der Waals surface area contributed by atoms with Crippen LogP contribution in [0.3, 0.4) is 0 Å². The molecule has 1 aliphatic rings. The van der Waals surface area contributed by atoms with Gasteiger partial charge in [-0.25, -0.2) is 0 Å². The smallest absolute Gasteiger partial charge is 0.263 e. The Morgan fingerprint density at radius 1 is 1.38 bits per heavy atom. The molecule has 1 amide bonds. The van der Waals surface area contributed by atoms with E-state index in [-0.39, 0.29) is 11.5 Å². The maximum Gasteiger partial charge on any atom is 0.263 e. The van der Waals surface area contributed by atoms with Crippen LogP contribution >= 0.6 is 0 Å². The van der Waals surface area contributed by atoms with E-state index in [0.717, 1.165) is 50.6 Å². The molecule has 2 rings (SSSR count). The van der Waals surface area contributed by atoms with Crippen LogP contribution in [-0.2, 0) is 16.0 Å². The zero-order valence-corrected chi connectivity index (χ0v) is 15.2. The molecule has 0 unspecified atom stereocenters. The van der Waals surface area contributed by atoms with Crippen molar-refractivity contribution in [3.8, 4) is 11.8 Å². The standard InChI is InChI=1S/C19H26N4O3/c1-25-18-4-2-3-16(13-18)5-6-21-15-17(14-20)19(24)22-7-8-23-9-11-26-12-10-23/h2-4,13,15,21H,5-12H2,1H3,(H,22,24)/b17-15-. The van der Waals surface area contributed by atoms with Crippen LogP contribution in [0.2, 0.25) is 0 Å². The second kappa shape index (κ2) is 11.1. The van der Waals surface area contributed by atoms with Crippen LogP contribution in [0.5, 0.6) is 5.75 Å². The van der Waals surface area contributed by atoms with E-state index in [1.807, 2.05) is 30.3 Å². The molecular formula is C19H26N4O3. The number of rotatable bonds is 9. The van der Waals surface area contributed by atoms with Gasteiger partial charge in [0.25, 0.3) is 5.91 Å². The van der Waals surface area contributed by atoms with Gasteiger partial charge in [-0.3, -0.25) is 9.69 Å². The molecule has 7 heteroatoms. The van der Waals surface area contributed by atoms with Crippen LogP contribution in [0.25, 0.3) is 0 Å². The monoisotopic (exact) mass is 358 g/mol. The minimum absolute atomic E-state index is 0.0811. The van der Waals surface area contributed by atoms with Gasteiger partial charge in [-0.15, -0.1) is 0 Å². The van der Waals surface area contributed by atoms with Gasteiger partial charge in [0.1, 0.15) is 17.4 Å². The Morgan fingerprint density at radius 3 is 2.92 bits per heavy atom. The van der Waals surface area contributed by atoms with Gasteiger partial charge in [0, 0.05) is 38.9 Å². The highest BCUT2D eigenvalue weighted by Crippen LogP contribution is 2.12. The Kier molecular flexibility index (Phi) is 8.46. The lowest BCUT2D eigenvalue weighted by molar-refractivity contribution is -0.117. The van der Waals surface area contributed by atoms with Crippen molar-refractivity contribution in [3.63, 3.8) is 0 Å². The lowest BCUT2D eigenvalue weighted by atomic mass is 10.1. The average molecular weight is 358 g/mol. The Bertz CT molecular complexity index is 648. The normalized spacial score (nSPS) is 15.2. The topological polar surface area (TPSA) is 86.6 Å². The number of carbonyl (C=O) groups is 1. The summed E-state index contributed by atoms with van der Waals surface area (Å²) < 4.78 is 10.5. The van der Waals surface area contributed by atoms with Crippen molar-refractivity contribution >= 4 is 5.91 Å². The van der Waals surface area contributed by atoms with Crippen LogP contribution < -0.4 is 15.4 Å². The third-order valence-corrected chi connectivity index (χ3v) is 4.12. The molecule has 0 aliphatic carbocycles. The first-order valence-electron chi connectivity index (χ1n) is 8.78. The molecule has 1 aromatic carbocycles. The lowest BCUT2D eigenvalue weighted by Gasteiger charge is -2.26. The van der Waals surface area contributed by atoms with E-state index in [2.05, 4.69) is 15.5 Å². The summed E-state index contributed by atoms with van der Waals surface area (Å²) in [6.07, 6.45) is 2.25. The van der Waals surface area contributed by atoms with Crippen LogP contribution in [0, 0.1) is 11.3 Å². The molecule has 0 radical (unpaired) electrons. The molecule has 0 aromatic heterocycles. The molecule has 1 fully saturated rings. The number of carbonyl (C=O) groups excluding carboxylic acids is 1. The predicted molar refractivity (Wildman–Crippen MR) is 98.7 cm³/mol. The fraction of sp³-hybridized carbons (Fsp3) is 0.474. The first-order chi connectivity index (χ1) is 12.7. The highest BCUT2D eigenvalue weighted by molar-refractivity contribution is 5.97. The van der Waals surface area contributed by atoms with E-state index in [1.54, 1.807) is 7.11 Å².